The second kappa shape index (κ2) is 57.1. The number of nitrogens with one attached hydrogen (secondary N) is 1. The van der Waals surface area contributed by atoms with E-state index in [4.69, 9.17) is 25.5 Å². The van der Waals surface area contributed by atoms with Crippen molar-refractivity contribution < 1.29 is 131 Å². The number of ketones is 1. The lowest BCUT2D eigenvalue weighted by molar-refractivity contribution is -0.152. The van der Waals surface area contributed by atoms with Gasteiger partial charge in [-0.25, -0.2) is 38.4 Å². The molecule has 122 heavy (non-hydrogen) atoms. The van der Waals surface area contributed by atoms with Crippen molar-refractivity contribution in [3.8, 4) is 0 Å². The molecule has 0 spiro atoms. The molecule has 0 aliphatic carbocycles. The molecular formula is C86H147N9O27. The molecule has 0 aromatic rings. The van der Waals surface area contributed by atoms with Gasteiger partial charge in [0, 0.05) is 112 Å². The first kappa shape index (κ1) is 113. The zero-order valence-electron chi connectivity index (χ0n) is 76.8. The summed E-state index contributed by atoms with van der Waals surface area (Å²) >= 11 is 0. The number of Topliss-reactive ketones (excluding diaryl/α,β-unsaturated/α-hetero) is 1. The molecular weight excluding hydrogens is 1590 g/mol. The fourth-order valence-corrected chi connectivity index (χ4v) is 16.3. The standard InChI is InChI=1S/3C10H17NO3.5C9H15NO3.C7H13NO2.C4H8O/c3*1-4-9(12)11-7(2)5-6-8(11)10(13)14-3;5*1-3-8(11)10-6(2)4-5-7(10)9(12)13;1-5-3-4-6(8-5)7(9)10-2;1-3-4(2)5/h3*7-8H,4-6H2,1-3H3;5*6-7H,3-5H2,1-2H3,(H,12,13);5-6,8H,3-4H2,1-2H3;3H2,1-2H3/t7?,8-;7-,8+;7-,8-;6?,7-;2*6-,7+;2*6-,7-;5?,6-;/m010011000./s1. The lowest BCUT2D eigenvalue weighted by atomic mass is 10.2. The highest BCUT2D eigenvalue weighted by Gasteiger charge is 2.45. The van der Waals surface area contributed by atoms with E-state index in [-0.39, 0.29) is 149 Å². The summed E-state index contributed by atoms with van der Waals surface area (Å²) in [5, 5.41) is 47.4. The van der Waals surface area contributed by atoms with Gasteiger partial charge in [0.25, 0.3) is 0 Å². The van der Waals surface area contributed by atoms with Gasteiger partial charge >= 0.3 is 53.7 Å². The van der Waals surface area contributed by atoms with E-state index < -0.39 is 60.1 Å². The van der Waals surface area contributed by atoms with Gasteiger partial charge < -0.3 is 93.8 Å². The monoisotopic (exact) mass is 1740 g/mol. The molecule has 9 saturated heterocycles. The lowest BCUT2D eigenvalue weighted by Crippen LogP contribution is -2.44. The maximum atomic E-state index is 11.6. The van der Waals surface area contributed by atoms with Crippen LogP contribution in [0.2, 0.25) is 0 Å². The number of nitrogens with zero attached hydrogens (tertiary/aromatic N) is 8. The van der Waals surface area contributed by atoms with Crippen LogP contribution in [0.3, 0.4) is 0 Å². The van der Waals surface area contributed by atoms with E-state index in [1.165, 1.54) is 52.9 Å². The Balaban J connectivity index is 0.00000134. The van der Waals surface area contributed by atoms with Crippen molar-refractivity contribution >= 4 is 107 Å². The Morgan fingerprint density at radius 3 is 0.500 bits per heavy atom. The number of hydrogen-bond donors (Lipinski definition) is 6. The van der Waals surface area contributed by atoms with Crippen LogP contribution in [0.15, 0.2) is 0 Å². The highest BCUT2D eigenvalue weighted by molar-refractivity contribution is 5.90. The fourth-order valence-electron chi connectivity index (χ4n) is 16.3. The Hall–Kier alpha value is -9.38. The van der Waals surface area contributed by atoms with Crippen molar-refractivity contribution in [2.75, 3.05) is 28.4 Å². The summed E-state index contributed by atoms with van der Waals surface area (Å²) in [6, 6.07) is -2.78. The van der Waals surface area contributed by atoms with Crippen LogP contribution >= 0.6 is 0 Å². The highest BCUT2D eigenvalue weighted by atomic mass is 16.5. The number of hydrogen-bond acceptors (Lipinski definition) is 23. The molecule has 36 heteroatoms. The highest BCUT2D eigenvalue weighted by Crippen LogP contribution is 2.32. The molecule has 9 fully saturated rings. The van der Waals surface area contributed by atoms with Gasteiger partial charge in [0.1, 0.15) is 60.2 Å². The maximum Gasteiger partial charge on any atom is 0.328 e. The van der Waals surface area contributed by atoms with Crippen LogP contribution in [0.5, 0.6) is 0 Å². The summed E-state index contributed by atoms with van der Waals surface area (Å²) in [6.45, 7) is 35.1. The molecule has 9 aliphatic rings. The van der Waals surface area contributed by atoms with Crippen molar-refractivity contribution in [3.63, 3.8) is 0 Å². The SMILES string of the molecule is CCC(=O)N1C(C)CC[C@H]1C(=O)O.CCC(=O)N1C(C)CC[C@H]1C(=O)OC.CCC(=O)N1[C@@H](C)CC[C@H]1C(=O)O.CCC(=O)N1[C@@H](C)CC[C@H]1C(=O)O.CCC(=O)N1[C@@H](C)CC[C@H]1C(=O)OC.CCC(=O)N1[C@H](C)CC[C@H]1C(=O)O.CCC(=O)N1[C@H](C)CC[C@H]1C(=O)O.CCC(=O)N1[C@H](C)CC[C@H]1C(=O)OC.CCC(C)=O.COC(=O)[C@@H]1CCC(C)N1. The van der Waals surface area contributed by atoms with Crippen molar-refractivity contribution in [2.24, 2.45) is 0 Å². The molecule has 36 nitrogen and oxygen atoms in total. The van der Waals surface area contributed by atoms with E-state index in [1.807, 2.05) is 83.1 Å². The third-order valence-corrected chi connectivity index (χ3v) is 23.3. The number of carbonyl (C=O) groups excluding carboxylic acids is 13. The third-order valence-electron chi connectivity index (χ3n) is 23.3. The molecule has 0 saturated carbocycles. The predicted molar refractivity (Wildman–Crippen MR) is 450 cm³/mol. The van der Waals surface area contributed by atoms with Gasteiger partial charge in [-0.05, 0) is 185 Å². The van der Waals surface area contributed by atoms with E-state index >= 15 is 0 Å². The van der Waals surface area contributed by atoms with Gasteiger partial charge in [-0.15, -0.1) is 0 Å². The van der Waals surface area contributed by atoms with E-state index in [0.29, 0.717) is 95.9 Å². The summed E-state index contributed by atoms with van der Waals surface area (Å²) in [4.78, 5) is 213. The maximum absolute atomic E-state index is 11.6. The molecule has 6 N–H and O–H groups in total. The third kappa shape index (κ3) is 34.0. The minimum Gasteiger partial charge on any atom is -0.480 e. The van der Waals surface area contributed by atoms with Gasteiger partial charge in [0.2, 0.25) is 47.3 Å². The summed E-state index contributed by atoms with van der Waals surface area (Å²) in [5.74, 6) is -5.37. The molecule has 9 rings (SSSR count). The molecule has 8 amide bonds. The van der Waals surface area contributed by atoms with Crippen LogP contribution in [0.25, 0.3) is 0 Å². The van der Waals surface area contributed by atoms with Crippen LogP contribution in [0, 0.1) is 0 Å². The van der Waals surface area contributed by atoms with Gasteiger partial charge in [0.15, 0.2) is 0 Å². The fraction of sp³-hybridized carbons (Fsp3) is 0.791. The Labute approximate surface area is 721 Å². The number of likely N-dealkylation sites (tertiary alicyclic amines) is 8. The van der Waals surface area contributed by atoms with E-state index in [9.17, 15) is 86.3 Å². The van der Waals surface area contributed by atoms with Crippen LogP contribution in [0.1, 0.15) is 305 Å². The van der Waals surface area contributed by atoms with Crippen molar-refractivity contribution in [1.29, 1.82) is 0 Å². The molecule has 0 aromatic carbocycles. The molecule has 0 radical (unpaired) electrons. The first-order valence-corrected chi connectivity index (χ1v) is 43.4. The molecule has 698 valence electrons. The first-order chi connectivity index (χ1) is 57.2. The lowest BCUT2D eigenvalue weighted by Gasteiger charge is -2.26. The molecule has 18 atom stereocenters. The zero-order chi connectivity index (χ0) is 94.0. The molecule has 0 bridgehead atoms. The quantitative estimate of drug-likeness (QED) is 0.0553. The second-order valence-electron chi connectivity index (χ2n) is 31.8. The molecule has 9 aliphatic heterocycles. The number of ether oxygens (including phenoxy) is 4. The van der Waals surface area contributed by atoms with E-state index in [2.05, 4.69) is 31.2 Å². The van der Waals surface area contributed by atoms with Gasteiger partial charge in [-0.2, -0.15) is 0 Å². The van der Waals surface area contributed by atoms with E-state index in [1.54, 1.807) is 56.2 Å². The second-order valence-corrected chi connectivity index (χ2v) is 31.8. The number of carboxylic acid groups (broad SMARTS) is 5. The number of methoxy groups -OCH3 is 4. The van der Waals surface area contributed by atoms with Crippen molar-refractivity contribution in [2.45, 2.75) is 414 Å². The molecule has 0 aromatic heterocycles. The zero-order valence-corrected chi connectivity index (χ0v) is 76.8. The minimum absolute atomic E-state index is 0.0328. The number of aliphatic carboxylic acids is 5. The van der Waals surface area contributed by atoms with Gasteiger partial charge in [-0.3, -0.25) is 43.2 Å². The summed E-state index contributed by atoms with van der Waals surface area (Å²) in [5.41, 5.74) is 0. The van der Waals surface area contributed by atoms with Gasteiger partial charge in [0.05, 0.1) is 28.4 Å². The van der Waals surface area contributed by atoms with Crippen molar-refractivity contribution in [1.82, 2.24) is 44.5 Å². The van der Waals surface area contributed by atoms with Crippen molar-refractivity contribution in [3.05, 3.63) is 0 Å². The Morgan fingerprint density at radius 2 is 0.385 bits per heavy atom. The van der Waals surface area contributed by atoms with Crippen LogP contribution in [-0.2, 0) is 105 Å². The molecule has 3 unspecified atom stereocenters. The number of carbonyl (C=O) groups is 18. The van der Waals surface area contributed by atoms with Gasteiger partial charge in [-0.1, -0.05) is 62.3 Å². The first-order valence-electron chi connectivity index (χ1n) is 43.4. The predicted octanol–water partition coefficient (Wildman–Crippen LogP) is 8.43. The van der Waals surface area contributed by atoms with Crippen LogP contribution < -0.4 is 5.32 Å². The number of rotatable bonds is 18. The normalized spacial score (nSPS) is 26.8. The largest absolute Gasteiger partial charge is 0.480 e. The van der Waals surface area contributed by atoms with E-state index in [0.717, 1.165) is 83.5 Å². The molecule has 9 heterocycles. The van der Waals surface area contributed by atoms with Crippen LogP contribution in [-0.4, -0.2) is 309 Å². The summed E-state index contributed by atoms with van der Waals surface area (Å²) in [7, 11) is 5.51. The number of amides is 8. The number of esters is 4. The Morgan fingerprint density at radius 1 is 0.238 bits per heavy atom. The average Bonchev–Trinajstić information content (AvgIpc) is 1.72. The minimum atomic E-state index is -0.883. The topological polar surface area (TPSA) is 483 Å². The number of carboxylic acids is 5. The smallest absolute Gasteiger partial charge is 0.328 e. The Kier molecular flexibility index (Phi) is 52.7. The Bertz CT molecular complexity index is 3050. The average molecular weight is 1740 g/mol. The summed E-state index contributed by atoms with van der Waals surface area (Å²) in [6.07, 6.45) is 17.6. The summed E-state index contributed by atoms with van der Waals surface area (Å²) < 4.78 is 18.6. The van der Waals surface area contributed by atoms with Crippen LogP contribution in [0.4, 0.5) is 0 Å².